The number of aryl methyl sites for hydroxylation is 2. The first-order valence-electron chi connectivity index (χ1n) is 9.16. The number of hydrogen-bond donors (Lipinski definition) is 0. The minimum absolute atomic E-state index is 0.888. The SMILES string of the molecule is CCCc1ccc(CC2CCCC2N2CCC2)cc1CC. The van der Waals surface area contributed by atoms with Crippen LogP contribution in [0.25, 0.3) is 0 Å². The van der Waals surface area contributed by atoms with Crippen LogP contribution in [0.1, 0.15) is 62.6 Å². The molecule has 0 spiro atoms. The smallest absolute Gasteiger partial charge is 0.0127 e. The quantitative estimate of drug-likeness (QED) is 0.737. The number of likely N-dealkylation sites (tertiary alicyclic amines) is 1. The van der Waals surface area contributed by atoms with Gasteiger partial charge in [0.05, 0.1) is 0 Å². The van der Waals surface area contributed by atoms with Crippen LogP contribution in [0.2, 0.25) is 0 Å². The van der Waals surface area contributed by atoms with Crippen molar-refractivity contribution in [3.05, 3.63) is 34.9 Å². The number of hydrogen-bond acceptors (Lipinski definition) is 1. The first kappa shape index (κ1) is 15.1. The third kappa shape index (κ3) is 3.34. The van der Waals surface area contributed by atoms with E-state index in [0.717, 1.165) is 12.0 Å². The summed E-state index contributed by atoms with van der Waals surface area (Å²) in [4.78, 5) is 2.74. The van der Waals surface area contributed by atoms with Crippen molar-refractivity contribution in [1.29, 1.82) is 0 Å². The van der Waals surface area contributed by atoms with Gasteiger partial charge < -0.3 is 4.90 Å². The van der Waals surface area contributed by atoms with Crippen molar-refractivity contribution in [3.63, 3.8) is 0 Å². The second kappa shape index (κ2) is 6.96. The lowest BCUT2D eigenvalue weighted by molar-refractivity contribution is 0.0920. The highest BCUT2D eigenvalue weighted by Gasteiger charge is 2.34. The molecule has 1 aromatic carbocycles. The molecular formula is C20H31N. The maximum atomic E-state index is 2.74. The fourth-order valence-electron chi connectivity index (χ4n) is 4.36. The van der Waals surface area contributed by atoms with E-state index < -0.39 is 0 Å². The molecule has 0 bridgehead atoms. The van der Waals surface area contributed by atoms with Crippen LogP contribution in [0.4, 0.5) is 0 Å². The van der Waals surface area contributed by atoms with Gasteiger partial charge in [0.15, 0.2) is 0 Å². The van der Waals surface area contributed by atoms with Crippen LogP contribution < -0.4 is 0 Å². The van der Waals surface area contributed by atoms with E-state index in [9.17, 15) is 0 Å². The van der Waals surface area contributed by atoms with Gasteiger partial charge in [-0.05, 0) is 74.2 Å². The summed E-state index contributed by atoms with van der Waals surface area (Å²) in [5.74, 6) is 0.909. The number of rotatable bonds is 6. The molecule has 1 aliphatic carbocycles. The van der Waals surface area contributed by atoms with Crippen LogP contribution in [0, 0.1) is 5.92 Å². The second-order valence-corrected chi connectivity index (χ2v) is 7.06. The largest absolute Gasteiger partial charge is 0.300 e. The van der Waals surface area contributed by atoms with E-state index in [0.29, 0.717) is 0 Å². The summed E-state index contributed by atoms with van der Waals surface area (Å²) < 4.78 is 0. The molecule has 2 atom stereocenters. The Morgan fingerprint density at radius 2 is 1.90 bits per heavy atom. The molecular weight excluding hydrogens is 254 g/mol. The van der Waals surface area contributed by atoms with Crippen LogP contribution in [-0.2, 0) is 19.3 Å². The van der Waals surface area contributed by atoms with Gasteiger partial charge in [0.1, 0.15) is 0 Å². The molecule has 2 unspecified atom stereocenters. The lowest BCUT2D eigenvalue weighted by atomic mass is 9.89. The monoisotopic (exact) mass is 285 g/mol. The lowest BCUT2D eigenvalue weighted by Crippen LogP contribution is -2.47. The maximum absolute atomic E-state index is 2.74. The highest BCUT2D eigenvalue weighted by Crippen LogP contribution is 2.35. The third-order valence-corrected chi connectivity index (χ3v) is 5.65. The van der Waals surface area contributed by atoms with Gasteiger partial charge in [0.2, 0.25) is 0 Å². The normalized spacial score (nSPS) is 26.0. The fourth-order valence-corrected chi connectivity index (χ4v) is 4.36. The van der Waals surface area contributed by atoms with Crippen LogP contribution in [0.5, 0.6) is 0 Å². The Kier molecular flexibility index (Phi) is 5.00. The van der Waals surface area contributed by atoms with E-state index in [-0.39, 0.29) is 0 Å². The van der Waals surface area contributed by atoms with Crippen LogP contribution in [0.15, 0.2) is 18.2 Å². The predicted molar refractivity (Wildman–Crippen MR) is 90.8 cm³/mol. The predicted octanol–water partition coefficient (Wildman–Crippen LogP) is 4.62. The lowest BCUT2D eigenvalue weighted by Gasteiger charge is -2.39. The average Bonchev–Trinajstić information content (AvgIpc) is 2.87. The molecule has 1 heterocycles. The molecule has 1 saturated carbocycles. The van der Waals surface area contributed by atoms with Crippen molar-refractivity contribution in [2.45, 2.75) is 71.3 Å². The molecule has 1 saturated heterocycles. The van der Waals surface area contributed by atoms with E-state index in [1.54, 1.807) is 16.7 Å². The number of nitrogens with zero attached hydrogens (tertiary/aromatic N) is 1. The van der Waals surface area contributed by atoms with Crippen molar-refractivity contribution in [2.75, 3.05) is 13.1 Å². The number of benzene rings is 1. The average molecular weight is 285 g/mol. The highest BCUT2D eigenvalue weighted by molar-refractivity contribution is 5.32. The van der Waals surface area contributed by atoms with E-state index in [4.69, 9.17) is 0 Å². The van der Waals surface area contributed by atoms with Crippen molar-refractivity contribution in [2.24, 2.45) is 5.92 Å². The van der Waals surface area contributed by atoms with Crippen LogP contribution in [0.3, 0.4) is 0 Å². The molecule has 2 aliphatic rings. The van der Waals surface area contributed by atoms with Gasteiger partial charge in [-0.1, -0.05) is 44.9 Å². The van der Waals surface area contributed by atoms with Crippen molar-refractivity contribution in [3.8, 4) is 0 Å². The van der Waals surface area contributed by atoms with Gasteiger partial charge in [-0.15, -0.1) is 0 Å². The molecule has 116 valence electrons. The molecule has 1 nitrogen and oxygen atoms in total. The fraction of sp³-hybridized carbons (Fsp3) is 0.700. The van der Waals surface area contributed by atoms with E-state index in [2.05, 4.69) is 36.9 Å². The summed E-state index contributed by atoms with van der Waals surface area (Å²) in [6.45, 7) is 7.30. The van der Waals surface area contributed by atoms with Crippen molar-refractivity contribution in [1.82, 2.24) is 4.90 Å². The molecule has 2 fully saturated rings. The molecule has 0 radical (unpaired) electrons. The Balaban J connectivity index is 1.69. The van der Waals surface area contributed by atoms with Gasteiger partial charge in [0, 0.05) is 6.04 Å². The van der Waals surface area contributed by atoms with Crippen molar-refractivity contribution < 1.29 is 0 Å². The zero-order valence-electron chi connectivity index (χ0n) is 13.9. The maximum Gasteiger partial charge on any atom is 0.0127 e. The summed E-state index contributed by atoms with van der Waals surface area (Å²) >= 11 is 0. The Bertz CT molecular complexity index is 461. The molecule has 1 aromatic rings. The molecule has 1 heteroatoms. The van der Waals surface area contributed by atoms with Gasteiger partial charge >= 0.3 is 0 Å². The summed E-state index contributed by atoms with van der Waals surface area (Å²) in [6.07, 6.45) is 10.7. The first-order valence-corrected chi connectivity index (χ1v) is 9.16. The van der Waals surface area contributed by atoms with Gasteiger partial charge in [0.25, 0.3) is 0 Å². The standard InChI is InChI=1S/C20H31N/c1-3-7-18-11-10-16(14-17(18)4-2)15-19-8-5-9-20(19)21-12-6-13-21/h10-11,14,19-20H,3-9,12-13,15H2,1-2H3. The van der Waals surface area contributed by atoms with E-state index in [1.807, 2.05) is 0 Å². The van der Waals surface area contributed by atoms with Gasteiger partial charge in [-0.2, -0.15) is 0 Å². The molecule has 0 aromatic heterocycles. The summed E-state index contributed by atoms with van der Waals surface area (Å²) in [7, 11) is 0. The molecule has 0 N–H and O–H groups in total. The molecule has 3 rings (SSSR count). The van der Waals surface area contributed by atoms with E-state index in [1.165, 1.54) is 64.5 Å². The second-order valence-electron chi connectivity index (χ2n) is 7.06. The van der Waals surface area contributed by atoms with E-state index >= 15 is 0 Å². The summed E-state index contributed by atoms with van der Waals surface area (Å²) in [5.41, 5.74) is 4.76. The molecule has 21 heavy (non-hydrogen) atoms. The van der Waals surface area contributed by atoms with Gasteiger partial charge in [-0.3, -0.25) is 0 Å². The molecule has 1 aliphatic heterocycles. The summed E-state index contributed by atoms with van der Waals surface area (Å²) in [6, 6.07) is 8.22. The Morgan fingerprint density at radius 1 is 1.05 bits per heavy atom. The van der Waals surface area contributed by atoms with Gasteiger partial charge in [-0.25, -0.2) is 0 Å². The third-order valence-electron chi connectivity index (χ3n) is 5.65. The zero-order chi connectivity index (χ0) is 14.7. The zero-order valence-corrected chi connectivity index (χ0v) is 13.9. The minimum Gasteiger partial charge on any atom is -0.300 e. The minimum atomic E-state index is 0.888. The van der Waals surface area contributed by atoms with Crippen LogP contribution in [-0.4, -0.2) is 24.0 Å². The Labute approximate surface area is 130 Å². The topological polar surface area (TPSA) is 3.24 Å². The Hall–Kier alpha value is -0.820. The van der Waals surface area contributed by atoms with Crippen molar-refractivity contribution >= 4 is 0 Å². The van der Waals surface area contributed by atoms with Crippen LogP contribution >= 0.6 is 0 Å². The Morgan fingerprint density at radius 3 is 2.57 bits per heavy atom. The first-order chi connectivity index (χ1) is 10.3. The molecule has 0 amide bonds. The summed E-state index contributed by atoms with van der Waals surface area (Å²) in [5, 5.41) is 0. The highest BCUT2D eigenvalue weighted by atomic mass is 15.2.